The average Bonchev–Trinajstić information content (AvgIpc) is 2.88. The molecule has 1 aliphatic rings. The van der Waals surface area contributed by atoms with Gasteiger partial charge >= 0.3 is 88.7 Å². The Hall–Kier alpha value is 0.0200. The molecule has 0 amide bonds. The quantitative estimate of drug-likeness (QED) is 0.0355. The molecule has 21 heteroatoms. The largest absolute Gasteiger partial charge is 1.00 e. The number of aliphatic hydroxyl groups is 2. The Labute approximate surface area is 332 Å². The summed E-state index contributed by atoms with van der Waals surface area (Å²) in [5.74, 6) is -1.86. The minimum atomic E-state index is -5.43. The van der Waals surface area contributed by atoms with Crippen LogP contribution < -0.4 is 125 Å². The fraction of sp³-hybridized carbons (Fsp3) is 0.348. The summed E-state index contributed by atoms with van der Waals surface area (Å²) in [7, 11) is -5.43. The zero-order chi connectivity index (χ0) is 29.2. The number of aliphatic hydroxyl groups excluding tert-OH is 2. The second-order valence-corrected chi connectivity index (χ2v) is 9.35. The van der Waals surface area contributed by atoms with Gasteiger partial charge in [-0.1, -0.05) is 0 Å². The van der Waals surface area contributed by atoms with Gasteiger partial charge < -0.3 is 65.9 Å². The molecule has 230 valence electrons. The van der Waals surface area contributed by atoms with Gasteiger partial charge in [-0.3, -0.25) is 9.59 Å². The van der Waals surface area contributed by atoms with Crippen LogP contribution in [-0.2, 0) is 4.57 Å². The van der Waals surface area contributed by atoms with Crippen LogP contribution in [0.15, 0.2) is 24.3 Å². The second-order valence-electron chi connectivity index (χ2n) is 7.99. The van der Waals surface area contributed by atoms with Gasteiger partial charge in [0.2, 0.25) is 11.6 Å². The molecule has 0 atom stereocenters. The standard InChI is InChI=1S/C22H28N4O6.CH3O5P.2ClH.3Na/c27-11-9-23-5-7-25-13-1-2-14(26-8-6-24-10-12-28)18-17(13)21(31)19-15(29)3-4-16(30)20(19)22(18)32;2-1(3)7(4,5)6;;;;;/h1-4,23-30H,5-12H2;(H,2,3)(H2,4,5,6);2*1H;;;/q;;;;3*+1/p-3. The number of nitrogens with one attached hydrogen (secondary N) is 4. The van der Waals surface area contributed by atoms with E-state index in [1.807, 2.05) is 0 Å². The summed E-state index contributed by atoms with van der Waals surface area (Å²) in [6.07, 6.45) is 0. The molecule has 0 saturated heterocycles. The molecule has 3 rings (SSSR count). The molecule has 0 heterocycles. The van der Waals surface area contributed by atoms with E-state index in [0.29, 0.717) is 50.6 Å². The molecule has 8 N–H and O–H groups in total. The smallest absolute Gasteiger partial charge is 0.807 e. The number of phenolic OH excluding ortho intramolecular Hbond substituents is 2. The fourth-order valence-corrected chi connectivity index (χ4v) is 3.64. The van der Waals surface area contributed by atoms with E-state index in [2.05, 4.69) is 21.3 Å². The van der Waals surface area contributed by atoms with Gasteiger partial charge in [0.15, 0.2) is 0 Å². The Bertz CT molecular complexity index is 1200. The maximum atomic E-state index is 13.4. The van der Waals surface area contributed by atoms with Gasteiger partial charge in [0.25, 0.3) is 0 Å². The van der Waals surface area contributed by atoms with Gasteiger partial charge in [-0.25, -0.2) is 0 Å². The first kappa shape index (κ1) is 50.9. The molecule has 0 aromatic heterocycles. The van der Waals surface area contributed by atoms with Crippen LogP contribution in [0.1, 0.15) is 31.8 Å². The SMILES string of the molecule is Cl.Cl.O=C([O-])P(=O)([O-])[O-].O=C1c2c(O)ccc(O)c2C(=O)c2c(NCCNCCO)ccc(NCCNCCO)c21.[Na+].[Na+].[Na+]. The molecule has 44 heavy (non-hydrogen) atoms. The molecule has 0 bridgehead atoms. The van der Waals surface area contributed by atoms with Gasteiger partial charge in [0, 0.05) is 50.6 Å². The van der Waals surface area contributed by atoms with E-state index in [1.165, 1.54) is 12.1 Å². The predicted octanol–water partition coefficient (Wildman–Crippen LogP) is -11.0. The Balaban J connectivity index is -0.000000599. The third kappa shape index (κ3) is 14.4. The maximum Gasteiger partial charge on any atom is 1.00 e. The number of fused-ring (bicyclic) bond motifs is 2. The fourth-order valence-electron chi connectivity index (χ4n) is 3.64. The van der Waals surface area contributed by atoms with E-state index in [1.54, 1.807) is 12.1 Å². The molecule has 2 aromatic rings. The first-order chi connectivity index (χ1) is 18.4. The van der Waals surface area contributed by atoms with Gasteiger partial charge in [0.1, 0.15) is 11.5 Å². The number of hydrogen-bond acceptors (Lipinski definition) is 15. The van der Waals surface area contributed by atoms with Crippen LogP contribution in [0.4, 0.5) is 16.2 Å². The normalized spacial score (nSPS) is 10.8. The van der Waals surface area contributed by atoms with Crippen molar-refractivity contribution in [2.75, 3.05) is 63.1 Å². The summed E-state index contributed by atoms with van der Waals surface area (Å²) < 4.78 is 9.14. The van der Waals surface area contributed by atoms with Crippen LogP contribution >= 0.6 is 32.4 Å². The Morgan fingerprint density at radius 2 is 0.977 bits per heavy atom. The number of aromatic hydroxyl groups is 2. The average molecular weight is 709 g/mol. The molecule has 2 aromatic carbocycles. The molecule has 0 fully saturated rings. The van der Waals surface area contributed by atoms with Gasteiger partial charge in [-0.2, -0.15) is 0 Å². The number of hydrogen-bond donors (Lipinski definition) is 8. The molecule has 0 unspecified atom stereocenters. The molecule has 15 nitrogen and oxygen atoms in total. The van der Waals surface area contributed by atoms with E-state index < -0.39 is 24.9 Å². The Morgan fingerprint density at radius 3 is 1.25 bits per heavy atom. The van der Waals surface area contributed by atoms with Crippen molar-refractivity contribution >= 4 is 61.1 Å². The molecule has 1 aliphatic carbocycles. The van der Waals surface area contributed by atoms with Crippen LogP contribution in [0.25, 0.3) is 0 Å². The van der Waals surface area contributed by atoms with Crippen molar-refractivity contribution in [3.05, 3.63) is 46.5 Å². The van der Waals surface area contributed by atoms with Gasteiger partial charge in [-0.15, -0.1) is 24.8 Å². The molecule has 0 saturated carbocycles. The monoisotopic (exact) mass is 708 g/mol. The van der Waals surface area contributed by atoms with Crippen LogP contribution in [-0.4, -0.2) is 90.2 Å². The van der Waals surface area contributed by atoms with Crippen molar-refractivity contribution < 1.29 is 143 Å². The van der Waals surface area contributed by atoms with Crippen LogP contribution in [0, 0.1) is 0 Å². The van der Waals surface area contributed by atoms with Gasteiger partial charge in [-0.05, 0) is 31.9 Å². The van der Waals surface area contributed by atoms with E-state index in [4.69, 9.17) is 34.5 Å². The summed E-state index contributed by atoms with van der Waals surface area (Å²) in [5, 5.41) is 59.6. The van der Waals surface area contributed by atoms with Crippen LogP contribution in [0.3, 0.4) is 0 Å². The zero-order valence-electron chi connectivity index (χ0n) is 24.4. The summed E-state index contributed by atoms with van der Waals surface area (Å²) in [6.45, 7) is 2.81. The minimum Gasteiger partial charge on any atom is -0.807 e. The molecular formula is C23H30Cl2N4Na3O11P. The third-order valence-electron chi connectivity index (χ3n) is 5.31. The van der Waals surface area contributed by atoms with Crippen molar-refractivity contribution in [1.29, 1.82) is 0 Å². The minimum absolute atomic E-state index is 0. The summed E-state index contributed by atoms with van der Waals surface area (Å²) >= 11 is 0. The first-order valence-corrected chi connectivity index (χ1v) is 13.2. The first-order valence-electron chi connectivity index (χ1n) is 11.6. The number of carbonyl (C=O) groups excluding carboxylic acids is 3. The number of halogens is 2. The van der Waals surface area contributed by atoms with Crippen molar-refractivity contribution in [1.82, 2.24) is 10.6 Å². The number of carbonyl (C=O) groups is 3. The molecular weight excluding hydrogens is 679 g/mol. The van der Waals surface area contributed by atoms with Crippen LogP contribution in [0.5, 0.6) is 11.5 Å². The van der Waals surface area contributed by atoms with Crippen molar-refractivity contribution in [2.24, 2.45) is 0 Å². The zero-order valence-corrected chi connectivity index (χ0v) is 32.9. The summed E-state index contributed by atoms with van der Waals surface area (Å²) in [6, 6.07) is 5.74. The number of benzene rings is 2. The van der Waals surface area contributed by atoms with E-state index >= 15 is 0 Å². The number of rotatable bonds is 13. The molecule has 0 aliphatic heterocycles. The topological polar surface area (TPSA) is 266 Å². The van der Waals surface area contributed by atoms with E-state index in [-0.39, 0.29) is 160 Å². The van der Waals surface area contributed by atoms with Crippen molar-refractivity contribution in [3.63, 3.8) is 0 Å². The van der Waals surface area contributed by atoms with Gasteiger partial charge in [0.05, 0.1) is 41.2 Å². The predicted molar refractivity (Wildman–Crippen MR) is 147 cm³/mol. The summed E-state index contributed by atoms with van der Waals surface area (Å²) in [5.41, 5.74) is -1.88. The number of phenols is 2. The summed E-state index contributed by atoms with van der Waals surface area (Å²) in [4.78, 5) is 54.0. The maximum absolute atomic E-state index is 13.4. The number of ketones is 2. The molecule has 0 radical (unpaired) electrons. The van der Waals surface area contributed by atoms with Crippen molar-refractivity contribution in [3.8, 4) is 11.5 Å². The Morgan fingerprint density at radius 1 is 0.659 bits per heavy atom. The van der Waals surface area contributed by atoms with Crippen LogP contribution in [0.2, 0.25) is 0 Å². The van der Waals surface area contributed by atoms with E-state index in [0.717, 1.165) is 0 Å². The second kappa shape index (κ2) is 25.1. The number of anilines is 2. The van der Waals surface area contributed by atoms with Crippen molar-refractivity contribution in [2.45, 2.75) is 0 Å². The number of carboxylic acid groups (broad SMARTS) is 1. The molecule has 0 spiro atoms. The third-order valence-corrected chi connectivity index (χ3v) is 5.76. The van der Waals surface area contributed by atoms with E-state index in [9.17, 15) is 19.8 Å². The Kier molecular flexibility index (Phi) is 29.0.